The van der Waals surface area contributed by atoms with Crippen LogP contribution in [0.1, 0.15) is 15.9 Å². The zero-order chi connectivity index (χ0) is 19.7. The van der Waals surface area contributed by atoms with Crippen molar-refractivity contribution in [2.75, 3.05) is 5.32 Å². The lowest BCUT2D eigenvalue weighted by Crippen LogP contribution is -2.39. The average Bonchev–Trinajstić information content (AvgIpc) is 3.08. The molecule has 140 valence electrons. The highest BCUT2D eigenvalue weighted by atomic mass is 35.5. The van der Waals surface area contributed by atoms with E-state index < -0.39 is 17.2 Å². The predicted octanol–water partition coefficient (Wildman–Crippen LogP) is 3.10. The molecule has 0 aliphatic heterocycles. The predicted molar refractivity (Wildman–Crippen MR) is 109 cm³/mol. The van der Waals surface area contributed by atoms with Crippen LogP contribution in [0.25, 0.3) is 10.2 Å². The lowest BCUT2D eigenvalue weighted by Gasteiger charge is -2.08. The first-order valence-electron chi connectivity index (χ1n) is 8.26. The van der Waals surface area contributed by atoms with E-state index in [1.54, 1.807) is 24.3 Å². The molecular weight excluding hydrogens is 400 g/mol. The fourth-order valence-electron chi connectivity index (χ4n) is 2.70. The molecular formula is C19H13ClN4O3S. The Morgan fingerprint density at radius 1 is 1.14 bits per heavy atom. The third-order valence-electron chi connectivity index (χ3n) is 4.11. The Hall–Kier alpha value is -3.23. The molecule has 2 heterocycles. The van der Waals surface area contributed by atoms with Gasteiger partial charge < -0.3 is 4.98 Å². The van der Waals surface area contributed by atoms with E-state index in [4.69, 9.17) is 11.6 Å². The lowest BCUT2D eigenvalue weighted by molar-refractivity contribution is 0.102. The maximum Gasteiger partial charge on any atom is 0.328 e. The van der Waals surface area contributed by atoms with E-state index >= 15 is 0 Å². The molecule has 0 atom stereocenters. The van der Waals surface area contributed by atoms with Gasteiger partial charge in [0.15, 0.2) is 5.13 Å². The van der Waals surface area contributed by atoms with Crippen molar-refractivity contribution >= 4 is 44.2 Å². The van der Waals surface area contributed by atoms with Gasteiger partial charge in [0.1, 0.15) is 5.56 Å². The average molecular weight is 413 g/mol. The number of aromatic nitrogens is 3. The van der Waals surface area contributed by atoms with Gasteiger partial charge >= 0.3 is 5.69 Å². The second-order valence-electron chi connectivity index (χ2n) is 5.93. The third kappa shape index (κ3) is 3.47. The topological polar surface area (TPSA) is 96.8 Å². The highest BCUT2D eigenvalue weighted by Gasteiger charge is 2.17. The van der Waals surface area contributed by atoms with Crippen molar-refractivity contribution in [1.29, 1.82) is 0 Å². The quantitative estimate of drug-likeness (QED) is 0.538. The van der Waals surface area contributed by atoms with Crippen LogP contribution >= 0.6 is 22.9 Å². The molecule has 2 N–H and O–H groups in total. The molecule has 7 nitrogen and oxygen atoms in total. The molecule has 0 spiro atoms. The van der Waals surface area contributed by atoms with Crippen LogP contribution in [0, 0.1) is 0 Å². The van der Waals surface area contributed by atoms with Crippen LogP contribution in [-0.4, -0.2) is 20.4 Å². The number of thiazole rings is 1. The first-order valence-corrected chi connectivity index (χ1v) is 9.45. The standard InChI is InChI=1S/C19H13ClN4O3S/c20-13-6-2-1-5-11(13)10-24-17(26)12(9-21-19(24)27)16(25)23-18-22-14-7-3-4-8-15(14)28-18/h1-9H,10H2,(H,21,27)(H,22,23,25). The van der Waals surface area contributed by atoms with Crippen molar-refractivity contribution < 1.29 is 4.79 Å². The normalized spacial score (nSPS) is 10.9. The van der Waals surface area contributed by atoms with Crippen molar-refractivity contribution in [3.05, 3.63) is 91.7 Å². The van der Waals surface area contributed by atoms with Gasteiger partial charge in [-0.15, -0.1) is 0 Å². The van der Waals surface area contributed by atoms with Crippen molar-refractivity contribution in [2.45, 2.75) is 6.54 Å². The van der Waals surface area contributed by atoms with E-state index in [0.717, 1.165) is 21.0 Å². The van der Waals surface area contributed by atoms with Crippen molar-refractivity contribution in [3.63, 3.8) is 0 Å². The van der Waals surface area contributed by atoms with E-state index in [0.29, 0.717) is 15.7 Å². The number of rotatable bonds is 4. The molecule has 2 aromatic carbocycles. The van der Waals surface area contributed by atoms with Gasteiger partial charge in [-0.2, -0.15) is 0 Å². The van der Waals surface area contributed by atoms with Crippen LogP contribution in [-0.2, 0) is 6.54 Å². The van der Waals surface area contributed by atoms with E-state index in [2.05, 4.69) is 15.3 Å². The zero-order valence-electron chi connectivity index (χ0n) is 14.3. The van der Waals surface area contributed by atoms with Gasteiger partial charge in [0.25, 0.3) is 11.5 Å². The number of amides is 1. The molecule has 1 amide bonds. The number of carbonyl (C=O) groups is 1. The molecule has 0 fully saturated rings. The minimum Gasteiger partial charge on any atom is -0.313 e. The summed E-state index contributed by atoms with van der Waals surface area (Å²) in [4.78, 5) is 44.2. The van der Waals surface area contributed by atoms with Crippen LogP contribution in [0.3, 0.4) is 0 Å². The molecule has 0 saturated heterocycles. The van der Waals surface area contributed by atoms with Crippen molar-refractivity contribution in [3.8, 4) is 0 Å². The van der Waals surface area contributed by atoms with Gasteiger partial charge in [-0.05, 0) is 23.8 Å². The number of nitrogens with zero attached hydrogens (tertiary/aromatic N) is 2. The van der Waals surface area contributed by atoms with Gasteiger partial charge in [0.05, 0.1) is 16.8 Å². The number of benzene rings is 2. The summed E-state index contributed by atoms with van der Waals surface area (Å²) in [6, 6.07) is 14.3. The molecule has 2 aromatic heterocycles. The number of anilines is 1. The molecule has 0 saturated carbocycles. The Labute approximate surface area is 167 Å². The first-order chi connectivity index (χ1) is 13.5. The second-order valence-corrected chi connectivity index (χ2v) is 7.37. The fraction of sp³-hybridized carbons (Fsp3) is 0.0526. The van der Waals surface area contributed by atoms with Gasteiger partial charge in [0, 0.05) is 11.2 Å². The maximum atomic E-state index is 12.7. The summed E-state index contributed by atoms with van der Waals surface area (Å²) >= 11 is 7.41. The Balaban J connectivity index is 1.66. The summed E-state index contributed by atoms with van der Waals surface area (Å²) in [5.41, 5.74) is -0.171. The molecule has 4 rings (SSSR count). The largest absolute Gasteiger partial charge is 0.328 e. The Morgan fingerprint density at radius 3 is 2.68 bits per heavy atom. The highest BCUT2D eigenvalue weighted by Crippen LogP contribution is 2.25. The minimum atomic E-state index is -0.706. The molecule has 28 heavy (non-hydrogen) atoms. The number of hydrogen-bond donors (Lipinski definition) is 2. The van der Waals surface area contributed by atoms with Crippen LogP contribution < -0.4 is 16.6 Å². The Kier molecular flexibility index (Phi) is 4.81. The van der Waals surface area contributed by atoms with Crippen molar-refractivity contribution in [1.82, 2.24) is 14.5 Å². The number of carbonyl (C=O) groups excluding carboxylic acids is 1. The van der Waals surface area contributed by atoms with Crippen LogP contribution in [0.5, 0.6) is 0 Å². The van der Waals surface area contributed by atoms with Gasteiger partial charge in [-0.25, -0.2) is 9.78 Å². The summed E-state index contributed by atoms with van der Waals surface area (Å²) < 4.78 is 1.85. The first kappa shape index (κ1) is 18.1. The molecule has 0 aliphatic rings. The summed E-state index contributed by atoms with van der Waals surface area (Å²) in [7, 11) is 0. The monoisotopic (exact) mass is 412 g/mol. The van der Waals surface area contributed by atoms with Crippen LogP contribution in [0.15, 0.2) is 64.3 Å². The lowest BCUT2D eigenvalue weighted by atomic mass is 10.2. The number of hydrogen-bond acceptors (Lipinski definition) is 5. The van der Waals surface area contributed by atoms with E-state index in [-0.39, 0.29) is 12.1 Å². The summed E-state index contributed by atoms with van der Waals surface area (Å²) in [5, 5.41) is 3.42. The summed E-state index contributed by atoms with van der Waals surface area (Å²) in [6.07, 6.45) is 1.11. The maximum absolute atomic E-state index is 12.7. The molecule has 0 radical (unpaired) electrons. The second kappa shape index (κ2) is 7.41. The molecule has 9 heteroatoms. The number of aromatic amines is 1. The van der Waals surface area contributed by atoms with Crippen LogP contribution in [0.2, 0.25) is 5.02 Å². The zero-order valence-corrected chi connectivity index (χ0v) is 15.9. The number of fused-ring (bicyclic) bond motifs is 1. The summed E-state index contributed by atoms with van der Waals surface area (Å²) in [5.74, 6) is -0.645. The van der Waals surface area contributed by atoms with Gasteiger partial charge in [-0.3, -0.25) is 19.5 Å². The third-order valence-corrected chi connectivity index (χ3v) is 5.43. The Morgan fingerprint density at radius 2 is 1.89 bits per heavy atom. The Bertz CT molecular complexity index is 1280. The fourth-order valence-corrected chi connectivity index (χ4v) is 3.76. The number of nitrogens with one attached hydrogen (secondary N) is 2. The molecule has 4 aromatic rings. The van der Waals surface area contributed by atoms with Gasteiger partial charge in [-0.1, -0.05) is 53.3 Å². The SMILES string of the molecule is O=C(Nc1nc2ccccc2s1)c1c[nH]c(=O)n(Cc2ccccc2Cl)c1=O. The van der Waals surface area contributed by atoms with E-state index in [1.165, 1.54) is 11.3 Å². The molecule has 0 bridgehead atoms. The van der Waals surface area contributed by atoms with Crippen molar-refractivity contribution in [2.24, 2.45) is 0 Å². The smallest absolute Gasteiger partial charge is 0.313 e. The molecule has 0 aliphatic carbocycles. The minimum absolute atomic E-state index is 0.0455. The number of halogens is 1. The number of para-hydroxylation sites is 1. The molecule has 0 unspecified atom stereocenters. The van der Waals surface area contributed by atoms with E-state index in [9.17, 15) is 14.4 Å². The highest BCUT2D eigenvalue weighted by molar-refractivity contribution is 7.22. The van der Waals surface area contributed by atoms with E-state index in [1.807, 2.05) is 24.3 Å². The van der Waals surface area contributed by atoms with Crippen LogP contribution in [0.4, 0.5) is 5.13 Å². The number of H-pyrrole nitrogens is 1. The summed E-state index contributed by atoms with van der Waals surface area (Å²) in [6.45, 7) is -0.0455. The van der Waals surface area contributed by atoms with Gasteiger partial charge in [0.2, 0.25) is 0 Å².